The number of rotatable bonds is 2. The van der Waals surface area contributed by atoms with Crippen LogP contribution >= 0.6 is 22.9 Å². The molecule has 0 N–H and O–H groups in total. The summed E-state index contributed by atoms with van der Waals surface area (Å²) in [6.07, 6.45) is 5.00. The Morgan fingerprint density at radius 1 is 1.24 bits per heavy atom. The van der Waals surface area contributed by atoms with E-state index in [9.17, 15) is 4.79 Å². The molecule has 4 rings (SSSR count). The fraction of sp³-hybridized carbons (Fsp3) is 0.538. The van der Waals surface area contributed by atoms with Gasteiger partial charge in [0.05, 0.1) is 29.4 Å². The lowest BCUT2D eigenvalue weighted by molar-refractivity contribution is 0.0905. The van der Waals surface area contributed by atoms with E-state index in [1.165, 1.54) is 42.6 Å². The molecule has 17 heavy (non-hydrogen) atoms. The van der Waals surface area contributed by atoms with E-state index in [2.05, 4.69) is 28.9 Å². The first kappa shape index (κ1) is 10.3. The molecule has 0 spiro atoms. The number of fused-ring (bicyclic) bond motifs is 1. The van der Waals surface area contributed by atoms with Gasteiger partial charge in [-0.15, -0.1) is 0 Å². The van der Waals surface area contributed by atoms with E-state index in [0.29, 0.717) is 11.8 Å². The summed E-state index contributed by atoms with van der Waals surface area (Å²) in [6, 6.07) is 2.06. The zero-order valence-electron chi connectivity index (χ0n) is 9.45. The largest absolute Gasteiger partial charge is 0.276 e. The van der Waals surface area contributed by atoms with E-state index >= 15 is 0 Å². The van der Waals surface area contributed by atoms with Gasteiger partial charge in [0.15, 0.2) is 0 Å². The predicted molar refractivity (Wildman–Crippen MR) is 72.1 cm³/mol. The van der Waals surface area contributed by atoms with E-state index in [1.807, 2.05) is 0 Å². The first-order valence-corrected chi connectivity index (χ1v) is 7.22. The first-order valence-electron chi connectivity index (χ1n) is 6.25. The SMILES string of the molecule is O=C1c2cc(C3CC3)nc(C3CC3)c2CN1I. The molecular formula is C13H13IN2O. The van der Waals surface area contributed by atoms with Crippen LogP contribution < -0.4 is 0 Å². The maximum atomic E-state index is 12.1. The van der Waals surface area contributed by atoms with Crippen LogP contribution in [0.3, 0.4) is 0 Å². The molecule has 2 heterocycles. The van der Waals surface area contributed by atoms with Gasteiger partial charge in [0.2, 0.25) is 0 Å². The summed E-state index contributed by atoms with van der Waals surface area (Å²) in [7, 11) is 0. The van der Waals surface area contributed by atoms with Crippen molar-refractivity contribution in [3.05, 3.63) is 28.6 Å². The zero-order valence-corrected chi connectivity index (χ0v) is 11.6. The fourth-order valence-electron chi connectivity index (χ4n) is 2.59. The summed E-state index contributed by atoms with van der Waals surface area (Å²) >= 11 is 2.11. The lowest BCUT2D eigenvalue weighted by Gasteiger charge is -2.07. The van der Waals surface area contributed by atoms with Crippen molar-refractivity contribution in [2.45, 2.75) is 44.1 Å². The number of amides is 1. The second kappa shape index (κ2) is 3.43. The van der Waals surface area contributed by atoms with Crippen molar-refractivity contribution in [3.8, 4) is 0 Å². The van der Waals surface area contributed by atoms with Gasteiger partial charge in [-0.25, -0.2) is 0 Å². The molecule has 0 bridgehead atoms. The average molecular weight is 340 g/mol. The summed E-state index contributed by atoms with van der Waals surface area (Å²) in [6.45, 7) is 0.749. The van der Waals surface area contributed by atoms with E-state index in [1.54, 1.807) is 3.11 Å². The Kier molecular flexibility index (Phi) is 2.08. The lowest BCUT2D eigenvalue weighted by Crippen LogP contribution is -2.10. The molecule has 1 amide bonds. The van der Waals surface area contributed by atoms with Crippen LogP contribution in [0.25, 0.3) is 0 Å². The molecule has 1 aromatic rings. The highest BCUT2D eigenvalue weighted by Gasteiger charge is 2.37. The summed E-state index contributed by atoms with van der Waals surface area (Å²) in [5, 5.41) is 0. The highest BCUT2D eigenvalue weighted by Crippen LogP contribution is 2.46. The maximum Gasteiger partial charge on any atom is 0.263 e. The number of aromatic nitrogens is 1. The number of hydrogen-bond acceptors (Lipinski definition) is 2. The lowest BCUT2D eigenvalue weighted by atomic mass is 10.0. The van der Waals surface area contributed by atoms with Crippen LogP contribution in [-0.2, 0) is 6.54 Å². The molecule has 2 aliphatic carbocycles. The van der Waals surface area contributed by atoms with Crippen molar-refractivity contribution < 1.29 is 4.79 Å². The molecule has 0 aromatic carbocycles. The Balaban J connectivity index is 1.88. The predicted octanol–water partition coefficient (Wildman–Crippen LogP) is 3.14. The molecular weight excluding hydrogens is 327 g/mol. The smallest absolute Gasteiger partial charge is 0.263 e. The van der Waals surface area contributed by atoms with Crippen LogP contribution in [0.2, 0.25) is 0 Å². The van der Waals surface area contributed by atoms with Gasteiger partial charge in [0.25, 0.3) is 5.91 Å². The van der Waals surface area contributed by atoms with Gasteiger partial charge in [-0.2, -0.15) is 0 Å². The van der Waals surface area contributed by atoms with E-state index in [4.69, 9.17) is 4.98 Å². The molecule has 1 aliphatic heterocycles. The third-order valence-electron chi connectivity index (χ3n) is 3.88. The van der Waals surface area contributed by atoms with E-state index in [0.717, 1.165) is 12.1 Å². The number of nitrogens with zero attached hydrogens (tertiary/aromatic N) is 2. The maximum absolute atomic E-state index is 12.1. The van der Waals surface area contributed by atoms with Crippen LogP contribution in [0.15, 0.2) is 6.07 Å². The van der Waals surface area contributed by atoms with Crippen molar-refractivity contribution in [3.63, 3.8) is 0 Å². The Hall–Kier alpha value is -0.650. The van der Waals surface area contributed by atoms with Gasteiger partial charge in [-0.3, -0.25) is 12.9 Å². The average Bonchev–Trinajstić information content (AvgIpc) is 3.19. The second-order valence-corrected chi connectivity index (χ2v) is 6.50. The van der Waals surface area contributed by atoms with Gasteiger partial charge >= 0.3 is 0 Å². The van der Waals surface area contributed by atoms with Gasteiger partial charge in [-0.05, 0) is 31.7 Å². The minimum absolute atomic E-state index is 0.173. The van der Waals surface area contributed by atoms with Gasteiger partial charge in [0, 0.05) is 34.4 Å². The molecule has 2 saturated carbocycles. The number of hydrogen-bond donors (Lipinski definition) is 0. The number of pyridine rings is 1. The van der Waals surface area contributed by atoms with E-state index in [-0.39, 0.29) is 5.91 Å². The minimum Gasteiger partial charge on any atom is -0.276 e. The quantitative estimate of drug-likeness (QED) is 0.612. The Morgan fingerprint density at radius 3 is 2.59 bits per heavy atom. The molecule has 1 aromatic heterocycles. The summed E-state index contributed by atoms with van der Waals surface area (Å²) in [5.41, 5.74) is 4.54. The molecule has 0 radical (unpaired) electrons. The second-order valence-electron chi connectivity index (χ2n) is 5.33. The highest BCUT2D eigenvalue weighted by atomic mass is 127. The highest BCUT2D eigenvalue weighted by molar-refractivity contribution is 14.1. The third-order valence-corrected chi connectivity index (χ3v) is 4.66. The Morgan fingerprint density at radius 2 is 1.94 bits per heavy atom. The number of carbonyl (C=O) groups excluding carboxylic acids is 1. The van der Waals surface area contributed by atoms with Crippen LogP contribution in [0, 0.1) is 0 Å². The van der Waals surface area contributed by atoms with Gasteiger partial charge in [0.1, 0.15) is 0 Å². The summed E-state index contributed by atoms with van der Waals surface area (Å²) in [5.74, 6) is 1.44. The number of halogens is 1. The minimum atomic E-state index is 0.173. The molecule has 88 valence electrons. The van der Waals surface area contributed by atoms with Crippen molar-refractivity contribution in [1.29, 1.82) is 0 Å². The molecule has 0 saturated heterocycles. The van der Waals surface area contributed by atoms with Crippen LogP contribution in [0.1, 0.15) is 64.8 Å². The topological polar surface area (TPSA) is 33.2 Å². The standard InChI is InChI=1S/C13H13IN2O/c14-16-6-10-9(13(16)17)5-11(7-1-2-7)15-12(10)8-3-4-8/h5,7-8H,1-4,6H2. The van der Waals surface area contributed by atoms with Crippen molar-refractivity contribution >= 4 is 28.8 Å². The molecule has 4 heteroatoms. The van der Waals surface area contributed by atoms with Gasteiger partial charge < -0.3 is 0 Å². The molecule has 2 fully saturated rings. The van der Waals surface area contributed by atoms with Crippen LogP contribution in [0.5, 0.6) is 0 Å². The monoisotopic (exact) mass is 340 g/mol. The van der Waals surface area contributed by atoms with Crippen LogP contribution in [0.4, 0.5) is 0 Å². The fourth-order valence-corrected chi connectivity index (χ4v) is 3.19. The van der Waals surface area contributed by atoms with Crippen molar-refractivity contribution in [2.24, 2.45) is 0 Å². The normalized spacial score (nSPS) is 23.1. The van der Waals surface area contributed by atoms with Crippen molar-refractivity contribution in [1.82, 2.24) is 8.10 Å². The molecule has 0 unspecified atom stereocenters. The third kappa shape index (κ3) is 1.60. The summed E-state index contributed by atoms with van der Waals surface area (Å²) < 4.78 is 1.78. The summed E-state index contributed by atoms with van der Waals surface area (Å²) in [4.78, 5) is 16.9. The Labute approximate surface area is 114 Å². The molecule has 3 nitrogen and oxygen atoms in total. The molecule has 3 aliphatic rings. The number of carbonyl (C=O) groups is 1. The van der Waals surface area contributed by atoms with Crippen molar-refractivity contribution in [2.75, 3.05) is 0 Å². The Bertz CT molecular complexity index is 520. The first-order chi connectivity index (χ1) is 8.24. The van der Waals surface area contributed by atoms with Gasteiger partial charge in [-0.1, -0.05) is 0 Å². The van der Waals surface area contributed by atoms with E-state index < -0.39 is 0 Å². The zero-order chi connectivity index (χ0) is 11.6. The molecule has 0 atom stereocenters. The van der Waals surface area contributed by atoms with Crippen LogP contribution in [-0.4, -0.2) is 14.0 Å².